The summed E-state index contributed by atoms with van der Waals surface area (Å²) in [4.78, 5) is 40.9. The highest BCUT2D eigenvalue weighted by Crippen LogP contribution is 2.47. The SMILES string of the molecule is CC[C@]1(C[C@H](CCC(C)(C)[Si](O)(c2ccccc2)c2ccccc2)CC(C(=O)OC)c2c(CCO)c3ccccc3n2C(=O)OC(C)(C)C)CO1. The number of carbonyl (C=O) groups is 2. The Morgan fingerprint density at radius 1 is 0.941 bits per heavy atom. The van der Waals surface area contributed by atoms with Crippen molar-refractivity contribution in [3.63, 3.8) is 0 Å². The first-order chi connectivity index (χ1) is 24.2. The highest BCUT2D eigenvalue weighted by molar-refractivity contribution is 6.98. The fourth-order valence-electron chi connectivity index (χ4n) is 7.82. The highest BCUT2D eigenvalue weighted by atomic mass is 28.4. The number of methoxy groups -OCH3 is 1. The van der Waals surface area contributed by atoms with Crippen molar-refractivity contribution in [1.29, 1.82) is 0 Å². The molecule has 0 radical (unpaired) electrons. The van der Waals surface area contributed by atoms with Crippen molar-refractivity contribution in [3.8, 4) is 0 Å². The number of aliphatic hydroxyl groups excluding tert-OH is 1. The number of para-hydroxylation sites is 1. The van der Waals surface area contributed by atoms with Crippen LogP contribution in [0.1, 0.15) is 90.8 Å². The molecule has 1 aliphatic rings. The molecule has 0 amide bonds. The van der Waals surface area contributed by atoms with Crippen LogP contribution in [0.25, 0.3) is 10.9 Å². The minimum atomic E-state index is -3.28. The van der Waals surface area contributed by atoms with Gasteiger partial charge in [-0.25, -0.2) is 9.36 Å². The molecule has 4 aromatic rings. The van der Waals surface area contributed by atoms with Gasteiger partial charge in [0, 0.05) is 17.7 Å². The van der Waals surface area contributed by atoms with Gasteiger partial charge in [-0.05, 0) is 92.3 Å². The van der Waals surface area contributed by atoms with E-state index >= 15 is 0 Å². The number of rotatable bonds is 15. The maximum atomic E-state index is 14.0. The minimum absolute atomic E-state index is 0.0207. The minimum Gasteiger partial charge on any atom is -0.469 e. The molecule has 2 heterocycles. The van der Waals surface area contributed by atoms with Crippen molar-refractivity contribution in [3.05, 3.63) is 96.2 Å². The number of esters is 1. The van der Waals surface area contributed by atoms with Gasteiger partial charge in [-0.1, -0.05) is 99.6 Å². The number of hydrogen-bond acceptors (Lipinski definition) is 7. The lowest BCUT2D eigenvalue weighted by Crippen LogP contribution is -2.65. The first-order valence-corrected chi connectivity index (χ1v) is 20.2. The number of nitrogens with zero attached hydrogens (tertiary/aromatic N) is 1. The summed E-state index contributed by atoms with van der Waals surface area (Å²) in [6.07, 6.45) is 3.04. The number of aliphatic hydroxyl groups is 1. The molecule has 274 valence electrons. The summed E-state index contributed by atoms with van der Waals surface area (Å²) in [5.41, 5.74) is 0.803. The van der Waals surface area contributed by atoms with Crippen molar-refractivity contribution in [2.75, 3.05) is 20.3 Å². The summed E-state index contributed by atoms with van der Waals surface area (Å²) in [6, 6.07) is 27.5. The lowest BCUT2D eigenvalue weighted by Gasteiger charge is -2.42. The van der Waals surface area contributed by atoms with Crippen LogP contribution in [0.5, 0.6) is 0 Å². The molecule has 1 aromatic heterocycles. The van der Waals surface area contributed by atoms with Crippen LogP contribution in [0.2, 0.25) is 5.04 Å². The zero-order chi connectivity index (χ0) is 37.0. The fraction of sp³-hybridized carbons (Fsp3) is 0.476. The zero-order valence-electron chi connectivity index (χ0n) is 31.3. The molecule has 3 aromatic carbocycles. The van der Waals surface area contributed by atoms with Gasteiger partial charge >= 0.3 is 12.1 Å². The van der Waals surface area contributed by atoms with Gasteiger partial charge in [0.1, 0.15) is 5.60 Å². The number of carbonyl (C=O) groups excluding carboxylic acids is 2. The third-order valence-electron chi connectivity index (χ3n) is 10.7. The summed E-state index contributed by atoms with van der Waals surface area (Å²) in [5.74, 6) is -1.29. The van der Waals surface area contributed by atoms with E-state index in [4.69, 9.17) is 14.2 Å². The smallest absolute Gasteiger partial charge is 0.419 e. The molecule has 1 aliphatic heterocycles. The van der Waals surface area contributed by atoms with E-state index in [0.29, 0.717) is 37.1 Å². The number of epoxide rings is 1. The van der Waals surface area contributed by atoms with Crippen LogP contribution in [-0.4, -0.2) is 66.4 Å². The van der Waals surface area contributed by atoms with E-state index in [9.17, 15) is 19.5 Å². The van der Waals surface area contributed by atoms with Crippen molar-refractivity contribution in [2.24, 2.45) is 5.92 Å². The number of ether oxygens (including phenoxy) is 3. The van der Waals surface area contributed by atoms with E-state index in [1.54, 1.807) is 0 Å². The van der Waals surface area contributed by atoms with Gasteiger partial charge in [0.25, 0.3) is 8.32 Å². The van der Waals surface area contributed by atoms with Crippen LogP contribution in [0.3, 0.4) is 0 Å². The Morgan fingerprint density at radius 2 is 1.51 bits per heavy atom. The van der Waals surface area contributed by atoms with Crippen LogP contribution in [0.4, 0.5) is 4.79 Å². The Balaban J connectivity index is 1.59. The molecular weight excluding hydrogens is 659 g/mol. The van der Waals surface area contributed by atoms with E-state index in [1.807, 2.05) is 106 Å². The normalized spacial score (nSPS) is 17.6. The molecule has 5 rings (SSSR count). The number of hydrogen-bond donors (Lipinski definition) is 2. The third kappa shape index (κ3) is 8.17. The maximum Gasteiger partial charge on any atom is 0.419 e. The van der Waals surface area contributed by atoms with Gasteiger partial charge in [-0.3, -0.25) is 4.79 Å². The molecular formula is C42H55NO7Si. The molecule has 0 bridgehead atoms. The quantitative estimate of drug-likeness (QED) is 0.0768. The first kappa shape index (κ1) is 38.5. The molecule has 1 unspecified atom stereocenters. The van der Waals surface area contributed by atoms with Crippen LogP contribution >= 0.6 is 0 Å². The van der Waals surface area contributed by atoms with Gasteiger partial charge in [0.05, 0.1) is 30.8 Å². The largest absolute Gasteiger partial charge is 0.469 e. The van der Waals surface area contributed by atoms with Gasteiger partial charge < -0.3 is 24.1 Å². The molecule has 0 aliphatic carbocycles. The molecule has 1 fully saturated rings. The van der Waals surface area contributed by atoms with E-state index in [0.717, 1.165) is 34.2 Å². The van der Waals surface area contributed by atoms with Crippen LogP contribution in [0.15, 0.2) is 84.9 Å². The number of fused-ring (bicyclic) bond motifs is 1. The van der Waals surface area contributed by atoms with Crippen LogP contribution in [0, 0.1) is 5.92 Å². The summed E-state index contributed by atoms with van der Waals surface area (Å²) >= 11 is 0. The summed E-state index contributed by atoms with van der Waals surface area (Å²) in [5, 5.41) is 12.5. The van der Waals surface area contributed by atoms with Gasteiger partial charge in [0.2, 0.25) is 0 Å². The van der Waals surface area contributed by atoms with Crippen LogP contribution < -0.4 is 10.4 Å². The molecule has 8 nitrogen and oxygen atoms in total. The second kappa shape index (κ2) is 15.5. The Bertz CT molecular complexity index is 1750. The second-order valence-corrected chi connectivity index (χ2v) is 19.7. The Hall–Kier alpha value is -3.76. The van der Waals surface area contributed by atoms with Crippen molar-refractivity contribution >= 4 is 41.7 Å². The zero-order valence-corrected chi connectivity index (χ0v) is 32.3. The summed E-state index contributed by atoms with van der Waals surface area (Å²) in [6.45, 7) is 12.4. The molecule has 1 saturated heterocycles. The highest BCUT2D eigenvalue weighted by Gasteiger charge is 2.51. The number of aromatic nitrogens is 1. The van der Waals surface area contributed by atoms with Crippen molar-refractivity contribution in [2.45, 2.75) is 102 Å². The third-order valence-corrected chi connectivity index (χ3v) is 15.3. The van der Waals surface area contributed by atoms with E-state index in [2.05, 4.69) is 20.8 Å². The second-order valence-electron chi connectivity index (χ2n) is 15.7. The summed E-state index contributed by atoms with van der Waals surface area (Å²) < 4.78 is 19.0. The average Bonchev–Trinajstić information content (AvgIpc) is 3.82. The van der Waals surface area contributed by atoms with Crippen molar-refractivity contribution < 1.29 is 33.7 Å². The Labute approximate surface area is 303 Å². The van der Waals surface area contributed by atoms with Gasteiger partial charge in [0.15, 0.2) is 0 Å². The van der Waals surface area contributed by atoms with Gasteiger partial charge in [-0.15, -0.1) is 0 Å². The summed E-state index contributed by atoms with van der Waals surface area (Å²) in [7, 11) is -1.91. The van der Waals surface area contributed by atoms with E-state index in [-0.39, 0.29) is 24.5 Å². The predicted octanol–water partition coefficient (Wildman–Crippen LogP) is 7.10. The maximum absolute atomic E-state index is 14.0. The molecule has 9 heteroatoms. The van der Waals surface area contributed by atoms with Crippen LogP contribution in [-0.2, 0) is 25.4 Å². The Morgan fingerprint density at radius 3 is 2.02 bits per heavy atom. The van der Waals surface area contributed by atoms with Crippen molar-refractivity contribution in [1.82, 2.24) is 4.57 Å². The van der Waals surface area contributed by atoms with E-state index in [1.165, 1.54) is 11.7 Å². The molecule has 0 spiro atoms. The topological polar surface area (TPSA) is 111 Å². The standard InChI is InChI=1S/C42H55NO7Si/c1-8-42(29-49-42)28-30(23-25-41(5,6)51(47,31-17-11-9-12-18-31)32-19-13-10-14-20-32)27-35(38(45)48-7)37-34(24-26-44)33-21-15-16-22-36(33)43(37)39(46)50-40(2,3)4/h9-22,30,35,44,47H,8,23-29H2,1-7H3/t30-,35?,42+/m1/s1. The lowest BCUT2D eigenvalue weighted by atomic mass is 9.80. The monoisotopic (exact) mass is 713 g/mol. The molecule has 51 heavy (non-hydrogen) atoms. The molecule has 3 atom stereocenters. The lowest BCUT2D eigenvalue weighted by molar-refractivity contribution is -0.143. The number of benzene rings is 3. The molecule has 2 N–H and O–H groups in total. The predicted molar refractivity (Wildman–Crippen MR) is 204 cm³/mol. The molecule has 0 saturated carbocycles. The fourth-order valence-corrected chi connectivity index (χ4v) is 11.6. The Kier molecular flexibility index (Phi) is 11.7. The van der Waals surface area contributed by atoms with Gasteiger partial charge in [-0.2, -0.15) is 0 Å². The van der Waals surface area contributed by atoms with E-state index < -0.39 is 36.9 Å². The first-order valence-electron chi connectivity index (χ1n) is 18.2. The average molecular weight is 714 g/mol.